The lowest BCUT2D eigenvalue weighted by Crippen LogP contribution is -2.34. The lowest BCUT2D eigenvalue weighted by molar-refractivity contribution is -0.123. The summed E-state index contributed by atoms with van der Waals surface area (Å²) in [5.41, 5.74) is 0.723. The van der Waals surface area contributed by atoms with E-state index < -0.39 is 11.4 Å². The molecule has 0 atom stereocenters. The van der Waals surface area contributed by atoms with Crippen molar-refractivity contribution >= 4 is 11.9 Å². The first kappa shape index (κ1) is 14.4. The van der Waals surface area contributed by atoms with Crippen LogP contribution in [0.25, 0.3) is 0 Å². The lowest BCUT2D eigenvalue weighted by atomic mass is 9.95. The number of rotatable bonds is 5. The summed E-state index contributed by atoms with van der Waals surface area (Å²) < 4.78 is 5.37. The number of amides is 1. The van der Waals surface area contributed by atoms with E-state index in [1.54, 1.807) is 6.92 Å². The molecule has 1 aromatic heterocycles. The molecule has 22 heavy (non-hydrogen) atoms. The van der Waals surface area contributed by atoms with Gasteiger partial charge in [-0.1, -0.05) is 30.3 Å². The molecule has 5 nitrogen and oxygen atoms in total. The van der Waals surface area contributed by atoms with Crippen LogP contribution in [-0.4, -0.2) is 17.0 Å². The Bertz CT molecular complexity index is 714. The van der Waals surface area contributed by atoms with Crippen molar-refractivity contribution in [1.82, 2.24) is 5.32 Å². The Morgan fingerprint density at radius 1 is 1.27 bits per heavy atom. The van der Waals surface area contributed by atoms with Gasteiger partial charge in [0.15, 0.2) is 0 Å². The van der Waals surface area contributed by atoms with Crippen LogP contribution >= 0.6 is 0 Å². The second kappa shape index (κ2) is 5.33. The third kappa shape index (κ3) is 2.50. The van der Waals surface area contributed by atoms with E-state index in [9.17, 15) is 9.59 Å². The molecule has 1 aliphatic rings. The number of carbonyl (C=O) groups excluding carboxylic acids is 1. The predicted molar refractivity (Wildman–Crippen MR) is 79.6 cm³/mol. The number of hydrogen-bond donors (Lipinski definition) is 2. The molecule has 0 radical (unpaired) electrons. The molecular weight excluding hydrogens is 282 g/mol. The van der Waals surface area contributed by atoms with Gasteiger partial charge in [0.25, 0.3) is 0 Å². The van der Waals surface area contributed by atoms with Crippen molar-refractivity contribution < 1.29 is 19.1 Å². The number of aryl methyl sites for hydroxylation is 1. The fourth-order valence-electron chi connectivity index (χ4n) is 2.71. The first-order valence-electron chi connectivity index (χ1n) is 7.19. The van der Waals surface area contributed by atoms with Crippen LogP contribution in [0.5, 0.6) is 0 Å². The van der Waals surface area contributed by atoms with Gasteiger partial charge in [-0.2, -0.15) is 0 Å². The third-order valence-electron chi connectivity index (χ3n) is 4.13. The van der Waals surface area contributed by atoms with Crippen LogP contribution in [0.4, 0.5) is 0 Å². The zero-order valence-corrected chi connectivity index (χ0v) is 12.3. The van der Waals surface area contributed by atoms with Crippen LogP contribution in [-0.2, 0) is 16.8 Å². The number of aromatic carboxylic acids is 1. The average Bonchev–Trinajstić information content (AvgIpc) is 3.24. The molecule has 2 N–H and O–H groups in total. The van der Waals surface area contributed by atoms with Crippen molar-refractivity contribution in [2.75, 3.05) is 0 Å². The van der Waals surface area contributed by atoms with Gasteiger partial charge in [-0.15, -0.1) is 0 Å². The largest absolute Gasteiger partial charge is 0.478 e. The lowest BCUT2D eigenvalue weighted by Gasteiger charge is -2.15. The van der Waals surface area contributed by atoms with E-state index in [0.29, 0.717) is 11.5 Å². The predicted octanol–water partition coefficient (Wildman–Crippen LogP) is 2.63. The van der Waals surface area contributed by atoms with E-state index in [1.807, 2.05) is 30.3 Å². The van der Waals surface area contributed by atoms with E-state index in [0.717, 1.165) is 18.4 Å². The molecule has 1 amide bonds. The van der Waals surface area contributed by atoms with Gasteiger partial charge in [-0.25, -0.2) is 4.79 Å². The molecule has 0 unspecified atom stereocenters. The number of carboxylic acid groups (broad SMARTS) is 1. The SMILES string of the molecule is Cc1oc(CNC(=O)C2(c3ccccc3)CC2)cc1C(=O)O. The first-order chi connectivity index (χ1) is 10.5. The fourth-order valence-corrected chi connectivity index (χ4v) is 2.71. The smallest absolute Gasteiger partial charge is 0.339 e. The molecule has 1 aromatic carbocycles. The van der Waals surface area contributed by atoms with E-state index in [2.05, 4.69) is 5.32 Å². The average molecular weight is 299 g/mol. The van der Waals surface area contributed by atoms with E-state index in [4.69, 9.17) is 9.52 Å². The molecule has 1 fully saturated rings. The molecule has 0 spiro atoms. The molecular formula is C17H17NO4. The second-order valence-corrected chi connectivity index (χ2v) is 5.62. The summed E-state index contributed by atoms with van der Waals surface area (Å²) in [6.45, 7) is 1.79. The van der Waals surface area contributed by atoms with E-state index >= 15 is 0 Å². The van der Waals surface area contributed by atoms with Gasteiger partial charge in [0.2, 0.25) is 5.91 Å². The van der Waals surface area contributed by atoms with E-state index in [1.165, 1.54) is 6.07 Å². The molecule has 0 aliphatic heterocycles. The standard InChI is InChI=1S/C17H17NO4/c1-11-14(15(19)20)9-13(22-11)10-18-16(21)17(7-8-17)12-5-3-2-4-6-12/h2-6,9H,7-8,10H2,1H3,(H,18,21)(H,19,20). The Morgan fingerprint density at radius 3 is 2.50 bits per heavy atom. The van der Waals surface area contributed by atoms with Gasteiger partial charge < -0.3 is 14.8 Å². The number of benzene rings is 1. The number of carbonyl (C=O) groups is 2. The topological polar surface area (TPSA) is 79.5 Å². The van der Waals surface area contributed by atoms with Crippen LogP contribution in [0, 0.1) is 6.92 Å². The first-order valence-corrected chi connectivity index (χ1v) is 7.19. The summed E-state index contributed by atoms with van der Waals surface area (Å²) >= 11 is 0. The number of hydrogen-bond acceptors (Lipinski definition) is 3. The third-order valence-corrected chi connectivity index (χ3v) is 4.13. The van der Waals surface area contributed by atoms with Crippen molar-refractivity contribution in [1.29, 1.82) is 0 Å². The van der Waals surface area contributed by atoms with Crippen LogP contribution in [0.1, 0.15) is 40.3 Å². The summed E-state index contributed by atoms with van der Waals surface area (Å²) in [6.07, 6.45) is 1.67. The van der Waals surface area contributed by atoms with Gasteiger partial charge >= 0.3 is 5.97 Å². The Kier molecular flexibility index (Phi) is 3.48. The van der Waals surface area contributed by atoms with Crippen LogP contribution in [0.3, 0.4) is 0 Å². The quantitative estimate of drug-likeness (QED) is 0.889. The highest BCUT2D eigenvalue weighted by Gasteiger charge is 2.50. The highest BCUT2D eigenvalue weighted by molar-refractivity contribution is 5.91. The summed E-state index contributed by atoms with van der Waals surface area (Å²) in [7, 11) is 0. The zero-order valence-electron chi connectivity index (χ0n) is 12.3. The van der Waals surface area contributed by atoms with Crippen molar-refractivity contribution in [2.45, 2.75) is 31.7 Å². The highest BCUT2D eigenvalue weighted by atomic mass is 16.4. The maximum atomic E-state index is 12.5. The summed E-state index contributed by atoms with van der Waals surface area (Å²) in [4.78, 5) is 23.4. The number of furan rings is 1. The van der Waals surface area contributed by atoms with Gasteiger partial charge in [-0.05, 0) is 31.4 Å². The van der Waals surface area contributed by atoms with Crippen LogP contribution in [0.2, 0.25) is 0 Å². The fraction of sp³-hybridized carbons (Fsp3) is 0.294. The molecule has 2 aromatic rings. The highest BCUT2D eigenvalue weighted by Crippen LogP contribution is 2.48. The molecule has 5 heteroatoms. The zero-order chi connectivity index (χ0) is 15.7. The van der Waals surface area contributed by atoms with Crippen LogP contribution < -0.4 is 5.32 Å². The summed E-state index contributed by atoms with van der Waals surface area (Å²) in [6, 6.07) is 11.2. The Hall–Kier alpha value is -2.56. The van der Waals surface area contributed by atoms with Crippen molar-refractivity contribution in [3.8, 4) is 0 Å². The molecule has 114 valence electrons. The Morgan fingerprint density at radius 2 is 1.95 bits per heavy atom. The number of carboxylic acids is 1. The molecule has 1 aliphatic carbocycles. The minimum Gasteiger partial charge on any atom is -0.478 e. The molecule has 1 heterocycles. The number of nitrogens with one attached hydrogen (secondary N) is 1. The molecule has 1 saturated carbocycles. The van der Waals surface area contributed by atoms with Crippen LogP contribution in [0.15, 0.2) is 40.8 Å². The normalized spacial score (nSPS) is 15.3. The maximum Gasteiger partial charge on any atom is 0.339 e. The monoisotopic (exact) mass is 299 g/mol. The Labute approximate surface area is 127 Å². The Balaban J connectivity index is 1.68. The molecule has 0 saturated heterocycles. The van der Waals surface area contributed by atoms with Gasteiger partial charge in [0.1, 0.15) is 17.1 Å². The minimum atomic E-state index is -1.03. The van der Waals surface area contributed by atoms with Crippen molar-refractivity contribution in [3.05, 3.63) is 59.0 Å². The van der Waals surface area contributed by atoms with Gasteiger partial charge in [-0.3, -0.25) is 4.79 Å². The van der Waals surface area contributed by atoms with Crippen molar-refractivity contribution in [3.63, 3.8) is 0 Å². The summed E-state index contributed by atoms with van der Waals surface area (Å²) in [5, 5.41) is 11.9. The van der Waals surface area contributed by atoms with Gasteiger partial charge in [0, 0.05) is 0 Å². The maximum absolute atomic E-state index is 12.5. The molecule has 0 bridgehead atoms. The minimum absolute atomic E-state index is 0.0374. The van der Waals surface area contributed by atoms with Gasteiger partial charge in [0.05, 0.1) is 12.0 Å². The molecule has 3 rings (SSSR count). The van der Waals surface area contributed by atoms with Crippen molar-refractivity contribution in [2.24, 2.45) is 0 Å². The second-order valence-electron chi connectivity index (χ2n) is 5.62. The van der Waals surface area contributed by atoms with E-state index in [-0.39, 0.29) is 18.0 Å². The summed E-state index contributed by atoms with van der Waals surface area (Å²) in [5.74, 6) is -0.264.